The van der Waals surface area contributed by atoms with Crippen molar-refractivity contribution >= 4 is 46.7 Å². The molecule has 1 aromatic carbocycles. The number of esters is 1. The molecule has 54 heavy (non-hydrogen) atoms. The lowest BCUT2D eigenvalue weighted by Gasteiger charge is -2.61. The molecule has 292 valence electrons. The van der Waals surface area contributed by atoms with Gasteiger partial charge in [-0.1, -0.05) is 90.5 Å². The van der Waals surface area contributed by atoms with Gasteiger partial charge in [0.15, 0.2) is 6.10 Å². The zero-order valence-electron chi connectivity index (χ0n) is 30.5. The molecule has 3 saturated carbocycles. The summed E-state index contributed by atoms with van der Waals surface area (Å²) in [5.41, 5.74) is 10.4. The molecule has 4 aliphatic carbocycles. The first kappa shape index (κ1) is 40.6. The van der Waals surface area contributed by atoms with Gasteiger partial charge in [-0.05, 0) is 104 Å². The van der Waals surface area contributed by atoms with Crippen LogP contribution >= 0.6 is 34.8 Å². The van der Waals surface area contributed by atoms with E-state index in [1.807, 2.05) is 6.07 Å². The molecule has 1 aliphatic heterocycles. The van der Waals surface area contributed by atoms with Crippen molar-refractivity contribution < 1.29 is 33.6 Å². The summed E-state index contributed by atoms with van der Waals surface area (Å²) in [4.78, 5) is 26.6. The molecule has 5 aliphatic rings. The minimum absolute atomic E-state index is 0.00240. The highest BCUT2D eigenvalue weighted by molar-refractivity contribution is 6.76. The van der Waals surface area contributed by atoms with E-state index in [-0.39, 0.29) is 35.1 Å². The van der Waals surface area contributed by atoms with Gasteiger partial charge in [0.05, 0.1) is 36.2 Å². The Balaban J connectivity index is 0.000000185. The fraction of sp³-hybridized carbons (Fsp3) is 0.615. The predicted molar refractivity (Wildman–Crippen MR) is 203 cm³/mol. The van der Waals surface area contributed by atoms with Crippen LogP contribution in [0.5, 0.6) is 0 Å². The summed E-state index contributed by atoms with van der Waals surface area (Å²) in [7, 11) is 0. The molecule has 2 heterocycles. The Bertz CT molecular complexity index is 1830. The van der Waals surface area contributed by atoms with Crippen molar-refractivity contribution in [1.29, 1.82) is 5.41 Å². The van der Waals surface area contributed by atoms with Gasteiger partial charge in [-0.15, -0.1) is 0 Å². The number of benzene rings is 1. The maximum absolute atomic E-state index is 12.4. The molecule has 12 nitrogen and oxygen atoms in total. The number of rotatable bonds is 5. The van der Waals surface area contributed by atoms with Gasteiger partial charge < -0.3 is 28.8 Å². The highest BCUT2D eigenvalue weighted by atomic mass is 35.6. The Morgan fingerprint density at radius 1 is 1.04 bits per heavy atom. The van der Waals surface area contributed by atoms with Crippen LogP contribution in [0.15, 0.2) is 74.7 Å². The van der Waals surface area contributed by atoms with Crippen molar-refractivity contribution in [2.45, 2.75) is 112 Å². The van der Waals surface area contributed by atoms with Crippen molar-refractivity contribution in [2.24, 2.45) is 33.7 Å². The van der Waals surface area contributed by atoms with E-state index in [4.69, 9.17) is 64.4 Å². The molecule has 3 N–H and O–H groups in total. The average Bonchev–Trinajstić information content (AvgIpc) is 3.42. The second-order valence-electron chi connectivity index (χ2n) is 15.8. The number of azide groups is 1. The van der Waals surface area contributed by atoms with Crippen LogP contribution in [-0.4, -0.2) is 62.6 Å². The number of carbonyl (C=O) groups excluding carboxylic acids is 1. The van der Waals surface area contributed by atoms with E-state index in [0.717, 1.165) is 56.9 Å². The Labute approximate surface area is 329 Å². The van der Waals surface area contributed by atoms with Crippen molar-refractivity contribution in [3.8, 4) is 0 Å². The van der Waals surface area contributed by atoms with Crippen LogP contribution in [0.4, 0.5) is 0 Å². The number of carbonyl (C=O) groups is 1. The number of aliphatic hydroxyl groups excluding tert-OH is 1. The smallest absolute Gasteiger partial charge is 0.338 e. The van der Waals surface area contributed by atoms with Crippen molar-refractivity contribution in [3.05, 3.63) is 92.4 Å². The minimum atomic E-state index is -2.09. The van der Waals surface area contributed by atoms with Gasteiger partial charge in [0.1, 0.15) is 0 Å². The number of aliphatic hydroxyl groups is 2. The van der Waals surface area contributed by atoms with Gasteiger partial charge in [-0.25, -0.2) is 9.59 Å². The number of ether oxygens (including phenoxy) is 3. The number of alkyl halides is 3. The molecule has 0 radical (unpaired) electrons. The Morgan fingerprint density at radius 3 is 2.44 bits per heavy atom. The second-order valence-corrected chi connectivity index (χ2v) is 18.1. The standard InChI is InChI=1S/C24H32O4.C15H15Cl3N4O4/c1-22-10-7-17(25)13-16(22)4-5-20-19(22)8-11-23(2)18(9-12-24(20,23)27)15-3-6-21(26)28-14-15;1-8-10(21-22-20)7-24-13(26-14(19)15(16,17)18)11(8)25-12(23)9-5-3-2-4-6-9/h3,6,13-14,17-20,25,27H,4-5,7-12H2,1-2H3;2-6,8,10-11,13,19H,7H2,1H3/t17-,18+,19?,20?,22-,23+,24-;8-,10-,11-,13?/m00/s1. The summed E-state index contributed by atoms with van der Waals surface area (Å²) in [6, 6.07) is 11.1. The maximum atomic E-state index is 12.4. The van der Waals surface area contributed by atoms with Crippen LogP contribution in [0, 0.1) is 34.0 Å². The first-order valence-corrected chi connectivity index (χ1v) is 19.6. The van der Waals surface area contributed by atoms with Gasteiger partial charge >= 0.3 is 11.6 Å². The molecule has 1 aromatic heterocycles. The lowest BCUT2D eigenvalue weighted by Crippen LogP contribution is -2.60. The number of fused-ring (bicyclic) bond motifs is 5. The number of halogens is 3. The number of nitrogens with zero attached hydrogens (tertiary/aromatic N) is 3. The molecule has 0 amide bonds. The van der Waals surface area contributed by atoms with E-state index < -0.39 is 45.6 Å². The van der Waals surface area contributed by atoms with E-state index in [1.54, 1.807) is 43.5 Å². The molecule has 0 bridgehead atoms. The molecule has 1 saturated heterocycles. The predicted octanol–water partition coefficient (Wildman–Crippen LogP) is 8.41. The quantitative estimate of drug-likeness (QED) is 0.0393. The fourth-order valence-electron chi connectivity index (χ4n) is 10.1. The van der Waals surface area contributed by atoms with Crippen molar-refractivity contribution in [1.82, 2.24) is 0 Å². The first-order valence-electron chi connectivity index (χ1n) is 18.5. The lowest BCUT2D eigenvalue weighted by atomic mass is 9.45. The molecule has 3 unspecified atom stereocenters. The van der Waals surface area contributed by atoms with E-state index in [0.29, 0.717) is 17.4 Å². The SMILES string of the molecule is C[C@H]1[C@@H](N=[N+]=[N-])COC(OC(=N)C(Cl)(Cl)Cl)[C@H]1OC(=O)c1ccccc1.C[C@]12CC[C@H](O)C=C1CCC1C2CC[C@]2(C)[C@@H](c3ccc(=O)oc3)CC[C@]12O. The highest BCUT2D eigenvalue weighted by Crippen LogP contribution is 2.70. The Kier molecular flexibility index (Phi) is 11.9. The first-order chi connectivity index (χ1) is 25.5. The van der Waals surface area contributed by atoms with Gasteiger partial charge in [-0.3, -0.25) is 5.41 Å². The van der Waals surface area contributed by atoms with Crippen LogP contribution in [0.3, 0.4) is 0 Å². The van der Waals surface area contributed by atoms with Gasteiger partial charge in [0.25, 0.3) is 3.79 Å². The Hall–Kier alpha value is -3.09. The molecule has 11 atom stereocenters. The summed E-state index contributed by atoms with van der Waals surface area (Å²) in [6.45, 7) is 6.36. The van der Waals surface area contributed by atoms with E-state index in [9.17, 15) is 19.8 Å². The molecule has 15 heteroatoms. The fourth-order valence-corrected chi connectivity index (χ4v) is 10.2. The van der Waals surface area contributed by atoms with E-state index in [1.165, 1.54) is 11.6 Å². The molecular weight excluding hydrogens is 759 g/mol. The summed E-state index contributed by atoms with van der Waals surface area (Å²) in [5, 5.41) is 33.6. The number of allylic oxidation sites excluding steroid dienone is 1. The largest absolute Gasteiger partial charge is 0.452 e. The summed E-state index contributed by atoms with van der Waals surface area (Å²) in [5.74, 6) is -0.722. The normalized spacial score (nSPS) is 37.1. The monoisotopic (exact) mass is 804 g/mol. The zero-order valence-corrected chi connectivity index (χ0v) is 32.8. The van der Waals surface area contributed by atoms with Crippen LogP contribution in [0.1, 0.15) is 94.0 Å². The van der Waals surface area contributed by atoms with Crippen molar-refractivity contribution in [2.75, 3.05) is 6.61 Å². The molecular formula is C39H47Cl3N4O8. The zero-order chi connectivity index (χ0) is 39.1. The number of hydrogen-bond donors (Lipinski definition) is 3. The minimum Gasteiger partial charge on any atom is -0.452 e. The molecule has 4 fully saturated rings. The maximum Gasteiger partial charge on any atom is 0.338 e. The van der Waals surface area contributed by atoms with Crippen LogP contribution in [-0.2, 0) is 14.2 Å². The molecule has 2 aromatic rings. The van der Waals surface area contributed by atoms with Crippen molar-refractivity contribution in [3.63, 3.8) is 0 Å². The topological polar surface area (TPSA) is 188 Å². The van der Waals surface area contributed by atoms with Gasteiger partial charge in [0.2, 0.25) is 12.2 Å². The lowest BCUT2D eigenvalue weighted by molar-refractivity contribution is -0.201. The molecule has 0 spiro atoms. The van der Waals surface area contributed by atoms with Gasteiger partial charge in [0, 0.05) is 22.3 Å². The van der Waals surface area contributed by atoms with E-state index >= 15 is 0 Å². The van der Waals surface area contributed by atoms with Gasteiger partial charge in [-0.2, -0.15) is 0 Å². The van der Waals surface area contributed by atoms with E-state index in [2.05, 4.69) is 29.9 Å². The third kappa shape index (κ3) is 7.68. The summed E-state index contributed by atoms with van der Waals surface area (Å²) >= 11 is 16.9. The third-order valence-corrected chi connectivity index (χ3v) is 13.7. The summed E-state index contributed by atoms with van der Waals surface area (Å²) in [6.07, 6.45) is 9.04. The third-order valence-electron chi connectivity index (χ3n) is 13.2. The number of hydrogen-bond acceptors (Lipinski definition) is 10. The number of nitrogens with one attached hydrogen (secondary N) is 1. The second kappa shape index (κ2) is 15.8. The molecule has 7 rings (SSSR count). The Morgan fingerprint density at radius 2 is 1.78 bits per heavy atom. The van der Waals surface area contributed by atoms with Crippen LogP contribution < -0.4 is 5.63 Å². The summed E-state index contributed by atoms with van der Waals surface area (Å²) < 4.78 is 19.3. The average molecular weight is 806 g/mol. The van der Waals surface area contributed by atoms with Crippen LogP contribution in [0.2, 0.25) is 0 Å². The van der Waals surface area contributed by atoms with Crippen LogP contribution in [0.25, 0.3) is 10.4 Å². The highest BCUT2D eigenvalue weighted by Gasteiger charge is 2.66.